The number of aryl methyl sites for hydroxylation is 2. The van der Waals surface area contributed by atoms with Crippen molar-refractivity contribution in [1.29, 1.82) is 0 Å². The topological polar surface area (TPSA) is 55.9 Å². The van der Waals surface area contributed by atoms with Crippen LogP contribution >= 0.6 is 15.9 Å². The molecule has 3 N–H and O–H groups in total. The highest BCUT2D eigenvalue weighted by molar-refractivity contribution is 9.10. The minimum Gasteiger partial charge on any atom is -0.394 e. The monoisotopic (exact) mass is 322 g/mol. The molecule has 0 saturated carbocycles. The molecule has 0 aliphatic heterocycles. The van der Waals surface area contributed by atoms with Gasteiger partial charge in [-0.2, -0.15) is 5.10 Å². The summed E-state index contributed by atoms with van der Waals surface area (Å²) in [4.78, 5) is 0. The van der Waals surface area contributed by atoms with Crippen molar-refractivity contribution in [3.05, 3.63) is 33.9 Å². The molecule has 1 aromatic carbocycles. The summed E-state index contributed by atoms with van der Waals surface area (Å²) in [5.41, 5.74) is 9.84. The Balaban J connectivity index is 2.40. The highest BCUT2D eigenvalue weighted by Crippen LogP contribution is 2.30. The summed E-state index contributed by atoms with van der Waals surface area (Å²) >= 11 is 3.54. The predicted octanol–water partition coefficient (Wildman–Crippen LogP) is 4.17. The lowest BCUT2D eigenvalue weighted by molar-refractivity contribution is 0.536. The van der Waals surface area contributed by atoms with E-state index >= 15 is 0 Å². The van der Waals surface area contributed by atoms with Crippen LogP contribution in [0.2, 0.25) is 0 Å². The van der Waals surface area contributed by atoms with E-state index in [0.29, 0.717) is 5.69 Å². The van der Waals surface area contributed by atoms with E-state index in [2.05, 4.69) is 53.2 Å². The lowest BCUT2D eigenvalue weighted by atomic mass is 10.2. The molecule has 4 nitrogen and oxygen atoms in total. The molecular formula is C14H19BrN4. The van der Waals surface area contributed by atoms with Gasteiger partial charge in [-0.1, -0.05) is 22.0 Å². The lowest BCUT2D eigenvalue weighted by Crippen LogP contribution is -2.08. The second-order valence-corrected chi connectivity index (χ2v) is 5.83. The summed E-state index contributed by atoms with van der Waals surface area (Å²) in [5.74, 6) is 0.850. The zero-order valence-electron chi connectivity index (χ0n) is 11.7. The summed E-state index contributed by atoms with van der Waals surface area (Å²) in [6.07, 6.45) is 0. The maximum atomic E-state index is 6.10. The molecule has 0 aliphatic carbocycles. The van der Waals surface area contributed by atoms with Gasteiger partial charge in [-0.3, -0.25) is 0 Å². The minimum atomic E-state index is 0.257. The fourth-order valence-electron chi connectivity index (χ4n) is 1.87. The zero-order valence-corrected chi connectivity index (χ0v) is 13.2. The highest BCUT2D eigenvalue weighted by Gasteiger charge is 2.14. The van der Waals surface area contributed by atoms with Crippen LogP contribution in [0, 0.1) is 13.8 Å². The number of nitrogens with two attached hydrogens (primary N) is 1. The zero-order chi connectivity index (χ0) is 14.2. The van der Waals surface area contributed by atoms with Crippen molar-refractivity contribution in [3.63, 3.8) is 0 Å². The second kappa shape index (κ2) is 5.25. The summed E-state index contributed by atoms with van der Waals surface area (Å²) in [6, 6.07) is 6.40. The van der Waals surface area contributed by atoms with E-state index in [1.807, 2.05) is 23.7 Å². The molecule has 0 aliphatic rings. The van der Waals surface area contributed by atoms with Crippen molar-refractivity contribution in [2.75, 3.05) is 11.1 Å². The standard InChI is InChI=1S/C14H19BrN4/c1-8(2)19-14(13(16)10(4)18-19)17-11-6-5-9(3)12(15)7-11/h5-8,17H,16H2,1-4H3. The first kappa shape index (κ1) is 13.9. The van der Waals surface area contributed by atoms with E-state index in [1.54, 1.807) is 0 Å². The molecule has 0 fully saturated rings. The third-order valence-corrected chi connectivity index (χ3v) is 3.91. The van der Waals surface area contributed by atoms with Gasteiger partial charge in [-0.25, -0.2) is 4.68 Å². The first-order chi connectivity index (χ1) is 8.90. The van der Waals surface area contributed by atoms with Crippen molar-refractivity contribution in [1.82, 2.24) is 9.78 Å². The van der Waals surface area contributed by atoms with Crippen molar-refractivity contribution in [2.24, 2.45) is 0 Å². The maximum Gasteiger partial charge on any atom is 0.152 e. The maximum absolute atomic E-state index is 6.10. The van der Waals surface area contributed by atoms with Crippen LogP contribution in [0.4, 0.5) is 17.2 Å². The number of nitrogens with one attached hydrogen (secondary N) is 1. The predicted molar refractivity (Wildman–Crippen MR) is 83.9 cm³/mol. The lowest BCUT2D eigenvalue weighted by Gasteiger charge is -2.14. The highest BCUT2D eigenvalue weighted by atomic mass is 79.9. The molecule has 5 heteroatoms. The van der Waals surface area contributed by atoms with E-state index in [-0.39, 0.29) is 6.04 Å². The summed E-state index contributed by atoms with van der Waals surface area (Å²) in [6.45, 7) is 8.15. The normalized spacial score (nSPS) is 11.1. The number of aromatic nitrogens is 2. The quantitative estimate of drug-likeness (QED) is 0.891. The molecule has 1 heterocycles. The Morgan fingerprint density at radius 3 is 2.58 bits per heavy atom. The largest absolute Gasteiger partial charge is 0.394 e. The van der Waals surface area contributed by atoms with Gasteiger partial charge in [0.1, 0.15) is 0 Å². The molecule has 0 spiro atoms. The van der Waals surface area contributed by atoms with Gasteiger partial charge < -0.3 is 11.1 Å². The fourth-order valence-corrected chi connectivity index (χ4v) is 2.24. The Morgan fingerprint density at radius 1 is 1.32 bits per heavy atom. The van der Waals surface area contributed by atoms with Crippen LogP contribution in [0.25, 0.3) is 0 Å². The third-order valence-electron chi connectivity index (χ3n) is 3.06. The number of hydrogen-bond donors (Lipinski definition) is 2. The Bertz CT molecular complexity index is 602. The van der Waals surface area contributed by atoms with Crippen LogP contribution in [-0.4, -0.2) is 9.78 Å². The molecular weight excluding hydrogens is 304 g/mol. The van der Waals surface area contributed by atoms with E-state index in [4.69, 9.17) is 5.73 Å². The smallest absolute Gasteiger partial charge is 0.152 e. The number of anilines is 3. The molecule has 0 atom stereocenters. The van der Waals surface area contributed by atoms with E-state index in [0.717, 1.165) is 21.7 Å². The third kappa shape index (κ3) is 2.76. The molecule has 19 heavy (non-hydrogen) atoms. The van der Waals surface area contributed by atoms with Crippen LogP contribution in [0.5, 0.6) is 0 Å². The van der Waals surface area contributed by atoms with Crippen LogP contribution in [0.15, 0.2) is 22.7 Å². The molecule has 0 radical (unpaired) electrons. The van der Waals surface area contributed by atoms with Gasteiger partial charge in [-0.15, -0.1) is 0 Å². The Labute approximate surface area is 122 Å². The average Bonchev–Trinajstić information content (AvgIpc) is 2.62. The van der Waals surface area contributed by atoms with Crippen molar-refractivity contribution >= 4 is 33.1 Å². The van der Waals surface area contributed by atoms with E-state index in [9.17, 15) is 0 Å². The molecule has 0 amide bonds. The molecule has 2 rings (SSSR count). The first-order valence-electron chi connectivity index (χ1n) is 6.28. The SMILES string of the molecule is Cc1ccc(Nc2c(N)c(C)nn2C(C)C)cc1Br. The van der Waals surface area contributed by atoms with E-state index < -0.39 is 0 Å². The average molecular weight is 323 g/mol. The number of rotatable bonds is 3. The van der Waals surface area contributed by atoms with Gasteiger partial charge in [0.05, 0.1) is 11.4 Å². The van der Waals surface area contributed by atoms with Crippen LogP contribution in [0.3, 0.4) is 0 Å². The van der Waals surface area contributed by atoms with Crippen LogP contribution in [0.1, 0.15) is 31.1 Å². The van der Waals surface area contributed by atoms with E-state index in [1.165, 1.54) is 5.56 Å². The number of hydrogen-bond acceptors (Lipinski definition) is 3. The van der Waals surface area contributed by atoms with Crippen LogP contribution < -0.4 is 11.1 Å². The van der Waals surface area contributed by atoms with Gasteiger partial charge in [0.2, 0.25) is 0 Å². The van der Waals surface area contributed by atoms with Gasteiger partial charge in [0, 0.05) is 16.2 Å². The molecule has 0 bridgehead atoms. The molecule has 2 aromatic rings. The number of nitrogen functional groups attached to an aromatic ring is 1. The second-order valence-electron chi connectivity index (χ2n) is 4.97. The molecule has 0 unspecified atom stereocenters. The summed E-state index contributed by atoms with van der Waals surface area (Å²) in [5, 5.41) is 7.82. The Morgan fingerprint density at radius 2 is 2.00 bits per heavy atom. The summed E-state index contributed by atoms with van der Waals surface area (Å²) < 4.78 is 2.99. The fraction of sp³-hybridized carbons (Fsp3) is 0.357. The summed E-state index contributed by atoms with van der Waals surface area (Å²) in [7, 11) is 0. The molecule has 0 saturated heterocycles. The van der Waals surface area contributed by atoms with Gasteiger partial charge in [0.15, 0.2) is 5.82 Å². The minimum absolute atomic E-state index is 0.257. The van der Waals surface area contributed by atoms with Gasteiger partial charge in [-0.05, 0) is 45.4 Å². The number of benzene rings is 1. The number of nitrogens with zero attached hydrogens (tertiary/aromatic N) is 2. The first-order valence-corrected chi connectivity index (χ1v) is 7.07. The number of halogens is 1. The molecule has 1 aromatic heterocycles. The van der Waals surface area contributed by atoms with Gasteiger partial charge in [0.25, 0.3) is 0 Å². The van der Waals surface area contributed by atoms with Gasteiger partial charge >= 0.3 is 0 Å². The molecule has 102 valence electrons. The van der Waals surface area contributed by atoms with Crippen molar-refractivity contribution in [2.45, 2.75) is 33.7 Å². The Hall–Kier alpha value is -1.49. The Kier molecular flexibility index (Phi) is 3.85. The van der Waals surface area contributed by atoms with Crippen molar-refractivity contribution < 1.29 is 0 Å². The van der Waals surface area contributed by atoms with Crippen molar-refractivity contribution in [3.8, 4) is 0 Å². The van der Waals surface area contributed by atoms with Crippen LogP contribution in [-0.2, 0) is 0 Å².